The molecule has 24 heteroatoms. The first kappa shape index (κ1) is 30.0. The smallest absolute Gasteiger partial charge is 0.382 e. The zero-order valence-corrected chi connectivity index (χ0v) is 25.6. The highest BCUT2D eigenvalue weighted by molar-refractivity contribution is 8.44. The number of aromatic amines is 1. The SMILES string of the molecule is Nc1nc2c(ncn2[C@@H]2OC3CO[P@@](=O)(S)O[C@@H]4CC(CO[P@@](=O)(S)O[C@H]3[C@H]2F)O[C@H]4n2cnc3c(N)ncnc32)c(=O)[nH]1. The van der Waals surface area contributed by atoms with Gasteiger partial charge in [0, 0.05) is 6.42 Å². The molecule has 0 amide bonds. The van der Waals surface area contributed by atoms with Gasteiger partial charge in [-0.3, -0.25) is 37.0 Å². The maximum absolute atomic E-state index is 16.0. The molecule has 0 aromatic carbocycles. The Bertz CT molecular complexity index is 1910. The predicted octanol–water partition coefficient (Wildman–Crippen LogP) is 1.54. The Kier molecular flexibility index (Phi) is 7.51. The van der Waals surface area contributed by atoms with Crippen LogP contribution < -0.4 is 17.0 Å². The number of halogens is 1. The van der Waals surface area contributed by atoms with Gasteiger partial charge in [-0.25, -0.2) is 33.5 Å². The Balaban J connectivity index is 1.19. The normalized spacial score (nSPS) is 36.6. The zero-order valence-electron chi connectivity index (χ0n) is 22.0. The van der Waals surface area contributed by atoms with Gasteiger partial charge in [-0.2, -0.15) is 4.98 Å². The van der Waals surface area contributed by atoms with Gasteiger partial charge in [0.25, 0.3) is 5.56 Å². The summed E-state index contributed by atoms with van der Waals surface area (Å²) in [6, 6.07) is 0. The van der Waals surface area contributed by atoms with Crippen LogP contribution in [0.25, 0.3) is 22.3 Å². The lowest BCUT2D eigenvalue weighted by molar-refractivity contribution is -0.0561. The van der Waals surface area contributed by atoms with Crippen LogP contribution in [0.15, 0.2) is 23.8 Å². The average Bonchev–Trinajstić information content (AvgIpc) is 3.72. The van der Waals surface area contributed by atoms with E-state index in [0.717, 1.165) is 10.9 Å². The number of rotatable bonds is 2. The molecule has 2 unspecified atom stereocenters. The molecule has 19 nitrogen and oxygen atoms in total. The van der Waals surface area contributed by atoms with Gasteiger partial charge in [0.15, 0.2) is 41.3 Å². The lowest BCUT2D eigenvalue weighted by Crippen LogP contribution is -2.33. The third kappa shape index (κ3) is 5.42. The number of ether oxygens (including phenoxy) is 2. The molecule has 3 aliphatic heterocycles. The van der Waals surface area contributed by atoms with Crippen LogP contribution in [-0.2, 0) is 36.7 Å². The Morgan fingerprint density at radius 1 is 0.909 bits per heavy atom. The highest BCUT2D eigenvalue weighted by Crippen LogP contribution is 2.60. The van der Waals surface area contributed by atoms with Crippen LogP contribution in [0, 0.1) is 0 Å². The third-order valence-corrected chi connectivity index (χ3v) is 10.4. The zero-order chi connectivity index (χ0) is 31.0. The van der Waals surface area contributed by atoms with Crippen molar-refractivity contribution in [3.8, 4) is 0 Å². The van der Waals surface area contributed by atoms with Gasteiger partial charge in [-0.1, -0.05) is 24.5 Å². The van der Waals surface area contributed by atoms with E-state index < -0.39 is 68.8 Å². The quantitative estimate of drug-likeness (QED) is 0.148. The first-order valence-corrected chi connectivity index (χ1v) is 18.2. The van der Waals surface area contributed by atoms with Gasteiger partial charge in [0.05, 0.1) is 32.0 Å². The summed E-state index contributed by atoms with van der Waals surface area (Å²) in [5.74, 6) is -0.107. The van der Waals surface area contributed by atoms with Gasteiger partial charge >= 0.3 is 13.6 Å². The lowest BCUT2D eigenvalue weighted by atomic mass is 10.1. The molecule has 3 fully saturated rings. The number of nitrogen functional groups attached to an aromatic ring is 2. The van der Waals surface area contributed by atoms with Crippen molar-refractivity contribution in [3.63, 3.8) is 0 Å². The van der Waals surface area contributed by atoms with Crippen LogP contribution in [0.5, 0.6) is 0 Å². The van der Waals surface area contributed by atoms with Crippen LogP contribution in [0.3, 0.4) is 0 Å². The van der Waals surface area contributed by atoms with Crippen LogP contribution in [0.1, 0.15) is 18.9 Å². The van der Waals surface area contributed by atoms with E-state index in [4.69, 9.17) is 39.0 Å². The number of hydrogen-bond donors (Lipinski definition) is 5. The summed E-state index contributed by atoms with van der Waals surface area (Å²) in [5, 5.41) is 0. The summed E-state index contributed by atoms with van der Waals surface area (Å²) in [4.78, 5) is 34.9. The minimum atomic E-state index is -4.28. The Labute approximate surface area is 255 Å². The number of nitrogens with one attached hydrogen (secondary N) is 1. The van der Waals surface area contributed by atoms with Crippen LogP contribution >= 0.6 is 38.1 Å². The first-order valence-electron chi connectivity index (χ1n) is 12.8. The van der Waals surface area contributed by atoms with Gasteiger partial charge in [0.2, 0.25) is 5.95 Å². The van der Waals surface area contributed by atoms with Crippen molar-refractivity contribution in [3.05, 3.63) is 29.3 Å². The first-order chi connectivity index (χ1) is 20.9. The van der Waals surface area contributed by atoms with E-state index in [2.05, 4.69) is 54.4 Å². The van der Waals surface area contributed by atoms with Crippen LogP contribution in [-0.4, -0.2) is 82.8 Å². The molecule has 5 N–H and O–H groups in total. The second kappa shape index (κ2) is 11.0. The van der Waals surface area contributed by atoms with Crippen molar-refractivity contribution < 1.29 is 41.1 Å². The van der Waals surface area contributed by atoms with E-state index in [1.165, 1.54) is 17.2 Å². The molecule has 3 aliphatic rings. The Hall–Kier alpha value is -2.65. The van der Waals surface area contributed by atoms with Gasteiger partial charge in [-0.05, 0) is 0 Å². The molecule has 0 saturated carbocycles. The molecule has 44 heavy (non-hydrogen) atoms. The Morgan fingerprint density at radius 3 is 2.41 bits per heavy atom. The molecule has 4 aromatic heterocycles. The maximum Gasteiger partial charge on any atom is 0.386 e. The van der Waals surface area contributed by atoms with E-state index >= 15 is 4.39 Å². The maximum atomic E-state index is 16.0. The fourth-order valence-electron chi connectivity index (χ4n) is 5.26. The molecule has 0 spiro atoms. The number of thiol groups is 2. The fraction of sp³-hybridized carbons (Fsp3) is 0.500. The highest BCUT2D eigenvalue weighted by Gasteiger charge is 2.52. The largest absolute Gasteiger partial charge is 0.386 e. The van der Waals surface area contributed by atoms with E-state index in [-0.39, 0.29) is 36.0 Å². The van der Waals surface area contributed by atoms with E-state index in [1.807, 2.05) is 0 Å². The van der Waals surface area contributed by atoms with Gasteiger partial charge in [-0.15, -0.1) is 0 Å². The average molecular weight is 693 g/mol. The molecule has 4 aromatic rings. The second-order valence-corrected chi connectivity index (χ2v) is 15.7. The number of H-pyrrole nitrogens is 1. The number of nitrogens with zero attached hydrogens (tertiary/aromatic N) is 7. The number of hydrogen-bond acceptors (Lipinski definition) is 16. The number of anilines is 2. The number of imidazole rings is 2. The standard InChI is InChI=1S/C20H23FN10O9P2S2/c21-10-13-9(38-19(10)31-6-27-12-16(31)28-20(23)29-17(12)32)3-36-41(33,43)39-8-1-7(2-35-42(34,44)40-13)37-18(8)30-5-26-11-14(22)24-4-25-15(11)30/h4-10,13,18-19H,1-3H2,(H,33,43)(H,34,44)(H2,22,24,25)(H3,23,28,29,32)/t7?,8-,9?,10-,13-,18-,19-,41-,42-/m1/s1. The lowest BCUT2D eigenvalue weighted by Gasteiger charge is -2.26. The summed E-state index contributed by atoms with van der Waals surface area (Å²) < 4.78 is 79.7. The van der Waals surface area contributed by atoms with Crippen molar-refractivity contribution in [2.75, 3.05) is 24.7 Å². The van der Waals surface area contributed by atoms with E-state index in [9.17, 15) is 13.9 Å². The van der Waals surface area contributed by atoms with Crippen LogP contribution in [0.4, 0.5) is 16.2 Å². The minimum absolute atomic E-state index is 0.0761. The Morgan fingerprint density at radius 2 is 1.61 bits per heavy atom. The monoisotopic (exact) mass is 692 g/mol. The summed E-state index contributed by atoms with van der Waals surface area (Å²) in [6.45, 7) is -9.41. The molecule has 236 valence electrons. The van der Waals surface area contributed by atoms with Crippen molar-refractivity contribution in [2.45, 2.75) is 49.5 Å². The number of alkyl halides is 1. The summed E-state index contributed by atoms with van der Waals surface area (Å²) in [5.41, 5.74) is 11.3. The molecule has 7 heterocycles. The predicted molar refractivity (Wildman–Crippen MR) is 154 cm³/mol. The molecule has 3 saturated heterocycles. The third-order valence-electron chi connectivity index (χ3n) is 7.15. The number of fused-ring (bicyclic) bond motifs is 5. The minimum Gasteiger partial charge on any atom is -0.382 e. The van der Waals surface area contributed by atoms with Gasteiger partial charge in [0.1, 0.15) is 30.2 Å². The summed E-state index contributed by atoms with van der Waals surface area (Å²) in [6.07, 6.45) is -5.42. The molecular weight excluding hydrogens is 669 g/mol. The number of nitrogens with two attached hydrogens (primary N) is 2. The fourth-order valence-corrected chi connectivity index (χ4v) is 8.25. The molecule has 0 radical (unpaired) electrons. The van der Waals surface area contributed by atoms with E-state index in [1.54, 1.807) is 0 Å². The molecule has 9 atom stereocenters. The molecular formula is C20H23FN10O9P2S2. The number of aromatic nitrogens is 8. The topological polar surface area (TPSA) is 249 Å². The van der Waals surface area contributed by atoms with Gasteiger partial charge < -0.3 is 20.9 Å². The summed E-state index contributed by atoms with van der Waals surface area (Å²) >= 11 is 8.16. The summed E-state index contributed by atoms with van der Waals surface area (Å²) in [7, 11) is 0. The molecule has 7 rings (SSSR count). The van der Waals surface area contributed by atoms with Crippen molar-refractivity contribution in [1.82, 2.24) is 39.0 Å². The second-order valence-electron chi connectivity index (χ2n) is 9.99. The van der Waals surface area contributed by atoms with Crippen molar-refractivity contribution in [2.24, 2.45) is 0 Å². The highest BCUT2D eigenvalue weighted by atomic mass is 32.7. The molecule has 0 aliphatic carbocycles. The van der Waals surface area contributed by atoms with E-state index in [0.29, 0.717) is 11.2 Å². The van der Waals surface area contributed by atoms with Crippen LogP contribution in [0.2, 0.25) is 0 Å². The molecule has 2 bridgehead atoms. The van der Waals surface area contributed by atoms with Crippen molar-refractivity contribution >= 4 is 72.2 Å². The van der Waals surface area contributed by atoms with Crippen molar-refractivity contribution in [1.29, 1.82) is 0 Å².